The molecule has 3 N–H and O–H groups in total. The maximum Gasteiger partial charge on any atom is 0.271 e. The minimum absolute atomic E-state index is 0.0215. The number of carbonyl (C=O) groups is 1. The number of hydrogen-bond acceptors (Lipinski definition) is 4. The SMILES string of the molecule is CC(C)(C)c1cc(C(=O)NCCN2CCNCC2)n[nH]1. The molecule has 1 aliphatic rings. The Labute approximate surface area is 120 Å². The molecule has 1 aromatic rings. The van der Waals surface area contributed by atoms with E-state index in [4.69, 9.17) is 0 Å². The van der Waals surface area contributed by atoms with E-state index in [2.05, 4.69) is 46.5 Å². The highest BCUT2D eigenvalue weighted by Crippen LogP contribution is 2.20. The topological polar surface area (TPSA) is 73.1 Å². The highest BCUT2D eigenvalue weighted by Gasteiger charge is 2.19. The second-order valence-corrected chi connectivity index (χ2v) is 6.26. The second kappa shape index (κ2) is 6.37. The number of aromatic amines is 1. The maximum atomic E-state index is 12.0. The van der Waals surface area contributed by atoms with Crippen molar-refractivity contribution in [1.29, 1.82) is 0 Å². The monoisotopic (exact) mass is 279 g/mol. The first kappa shape index (κ1) is 15.0. The molecular formula is C14H25N5O. The predicted octanol–water partition coefficient (Wildman–Crippen LogP) is 0.342. The van der Waals surface area contributed by atoms with Crippen LogP contribution in [0.3, 0.4) is 0 Å². The minimum Gasteiger partial charge on any atom is -0.349 e. The molecule has 1 saturated heterocycles. The molecule has 0 bridgehead atoms. The summed E-state index contributed by atoms with van der Waals surface area (Å²) in [5, 5.41) is 13.3. The van der Waals surface area contributed by atoms with E-state index in [-0.39, 0.29) is 11.3 Å². The quantitative estimate of drug-likeness (QED) is 0.743. The Morgan fingerprint density at radius 1 is 1.40 bits per heavy atom. The van der Waals surface area contributed by atoms with Crippen LogP contribution in [-0.4, -0.2) is 60.3 Å². The van der Waals surface area contributed by atoms with Crippen LogP contribution in [0.2, 0.25) is 0 Å². The summed E-state index contributed by atoms with van der Waals surface area (Å²) in [6.07, 6.45) is 0. The van der Waals surface area contributed by atoms with E-state index in [0.717, 1.165) is 38.4 Å². The lowest BCUT2D eigenvalue weighted by atomic mass is 9.92. The molecule has 0 aliphatic carbocycles. The van der Waals surface area contributed by atoms with E-state index in [1.54, 1.807) is 0 Å². The van der Waals surface area contributed by atoms with Gasteiger partial charge >= 0.3 is 0 Å². The third kappa shape index (κ3) is 4.05. The number of hydrogen-bond donors (Lipinski definition) is 3. The lowest BCUT2D eigenvalue weighted by Gasteiger charge is -2.26. The largest absolute Gasteiger partial charge is 0.349 e. The molecule has 6 heteroatoms. The Morgan fingerprint density at radius 3 is 2.70 bits per heavy atom. The summed E-state index contributed by atoms with van der Waals surface area (Å²) in [5.74, 6) is -0.105. The summed E-state index contributed by atoms with van der Waals surface area (Å²) in [7, 11) is 0. The van der Waals surface area contributed by atoms with Gasteiger partial charge in [0.15, 0.2) is 0 Å². The lowest BCUT2D eigenvalue weighted by molar-refractivity contribution is 0.0942. The van der Waals surface area contributed by atoms with Crippen molar-refractivity contribution in [1.82, 2.24) is 25.7 Å². The predicted molar refractivity (Wildman–Crippen MR) is 78.9 cm³/mol. The van der Waals surface area contributed by atoms with Crippen molar-refractivity contribution >= 4 is 5.91 Å². The molecular weight excluding hydrogens is 254 g/mol. The summed E-state index contributed by atoms with van der Waals surface area (Å²) < 4.78 is 0. The molecule has 1 aliphatic heterocycles. The zero-order valence-corrected chi connectivity index (χ0v) is 12.6. The van der Waals surface area contributed by atoms with Crippen molar-refractivity contribution in [2.75, 3.05) is 39.3 Å². The van der Waals surface area contributed by atoms with Crippen LogP contribution in [-0.2, 0) is 5.41 Å². The van der Waals surface area contributed by atoms with Crippen molar-refractivity contribution in [3.63, 3.8) is 0 Å². The Bertz CT molecular complexity index is 443. The molecule has 1 fully saturated rings. The van der Waals surface area contributed by atoms with Crippen molar-refractivity contribution in [2.45, 2.75) is 26.2 Å². The molecule has 2 rings (SSSR count). The Hall–Kier alpha value is -1.40. The molecule has 1 amide bonds. The van der Waals surface area contributed by atoms with Gasteiger partial charge in [-0.25, -0.2) is 0 Å². The van der Waals surface area contributed by atoms with E-state index in [9.17, 15) is 4.79 Å². The fraction of sp³-hybridized carbons (Fsp3) is 0.714. The summed E-state index contributed by atoms with van der Waals surface area (Å²) >= 11 is 0. The van der Waals surface area contributed by atoms with Gasteiger partial charge in [0.2, 0.25) is 0 Å². The van der Waals surface area contributed by atoms with Gasteiger partial charge in [-0.1, -0.05) is 20.8 Å². The fourth-order valence-electron chi connectivity index (χ4n) is 2.18. The zero-order chi connectivity index (χ0) is 14.6. The van der Waals surface area contributed by atoms with Gasteiger partial charge in [0.25, 0.3) is 5.91 Å². The molecule has 6 nitrogen and oxygen atoms in total. The number of nitrogens with one attached hydrogen (secondary N) is 3. The highest BCUT2D eigenvalue weighted by molar-refractivity contribution is 5.92. The number of piperazine rings is 1. The summed E-state index contributed by atoms with van der Waals surface area (Å²) in [6, 6.07) is 1.83. The third-order valence-electron chi connectivity index (χ3n) is 3.54. The van der Waals surface area contributed by atoms with E-state index >= 15 is 0 Å². The van der Waals surface area contributed by atoms with Crippen LogP contribution >= 0.6 is 0 Å². The van der Waals surface area contributed by atoms with Crippen molar-refractivity contribution in [2.24, 2.45) is 0 Å². The van der Waals surface area contributed by atoms with Crippen LogP contribution in [0.25, 0.3) is 0 Å². The van der Waals surface area contributed by atoms with Crippen LogP contribution in [0.4, 0.5) is 0 Å². The molecule has 0 unspecified atom stereocenters. The first-order chi connectivity index (χ1) is 9.47. The second-order valence-electron chi connectivity index (χ2n) is 6.26. The number of nitrogens with zero attached hydrogens (tertiary/aromatic N) is 2. The molecule has 1 aromatic heterocycles. The van der Waals surface area contributed by atoms with E-state index < -0.39 is 0 Å². The van der Waals surface area contributed by atoms with Crippen LogP contribution in [0.5, 0.6) is 0 Å². The summed E-state index contributed by atoms with van der Waals surface area (Å²) in [4.78, 5) is 14.4. The molecule has 20 heavy (non-hydrogen) atoms. The summed E-state index contributed by atoms with van der Waals surface area (Å²) in [5.41, 5.74) is 1.42. The van der Waals surface area contributed by atoms with Crippen LogP contribution in [0, 0.1) is 0 Å². The van der Waals surface area contributed by atoms with Crippen LogP contribution < -0.4 is 10.6 Å². The molecule has 0 atom stereocenters. The first-order valence-corrected chi connectivity index (χ1v) is 7.24. The Balaban J connectivity index is 1.78. The van der Waals surface area contributed by atoms with Gasteiger partial charge in [-0.2, -0.15) is 5.10 Å². The van der Waals surface area contributed by atoms with Crippen LogP contribution in [0.15, 0.2) is 6.07 Å². The highest BCUT2D eigenvalue weighted by atomic mass is 16.1. The van der Waals surface area contributed by atoms with Gasteiger partial charge in [0.1, 0.15) is 5.69 Å². The average Bonchev–Trinajstić information content (AvgIpc) is 2.89. The fourth-order valence-corrected chi connectivity index (χ4v) is 2.18. The van der Waals surface area contributed by atoms with E-state index in [0.29, 0.717) is 12.2 Å². The third-order valence-corrected chi connectivity index (χ3v) is 3.54. The van der Waals surface area contributed by atoms with Gasteiger partial charge in [0.05, 0.1) is 0 Å². The first-order valence-electron chi connectivity index (χ1n) is 7.24. The van der Waals surface area contributed by atoms with Crippen molar-refractivity contribution in [3.8, 4) is 0 Å². The van der Waals surface area contributed by atoms with Gasteiger partial charge in [-0.15, -0.1) is 0 Å². The summed E-state index contributed by atoms with van der Waals surface area (Å²) in [6.45, 7) is 12.0. The van der Waals surface area contributed by atoms with Crippen molar-refractivity contribution in [3.05, 3.63) is 17.5 Å². The lowest BCUT2D eigenvalue weighted by Crippen LogP contribution is -2.46. The number of H-pyrrole nitrogens is 1. The van der Waals surface area contributed by atoms with E-state index in [1.165, 1.54) is 0 Å². The molecule has 0 aromatic carbocycles. The van der Waals surface area contributed by atoms with Gasteiger partial charge in [-0.05, 0) is 6.07 Å². The smallest absolute Gasteiger partial charge is 0.271 e. The van der Waals surface area contributed by atoms with Gasteiger partial charge in [0, 0.05) is 50.4 Å². The standard InChI is InChI=1S/C14H25N5O/c1-14(2,3)12-10-11(17-18-12)13(20)16-6-9-19-7-4-15-5-8-19/h10,15H,4-9H2,1-3H3,(H,16,20)(H,17,18). The van der Waals surface area contributed by atoms with Gasteiger partial charge < -0.3 is 10.6 Å². The Kier molecular flexibility index (Phi) is 4.77. The van der Waals surface area contributed by atoms with Crippen molar-refractivity contribution < 1.29 is 4.79 Å². The molecule has 2 heterocycles. The van der Waals surface area contributed by atoms with E-state index in [1.807, 2.05) is 6.07 Å². The molecule has 0 saturated carbocycles. The maximum absolute atomic E-state index is 12.0. The minimum atomic E-state index is -0.105. The zero-order valence-electron chi connectivity index (χ0n) is 12.6. The molecule has 0 radical (unpaired) electrons. The normalized spacial score (nSPS) is 17.1. The molecule has 0 spiro atoms. The van der Waals surface area contributed by atoms with Gasteiger partial charge in [-0.3, -0.25) is 14.8 Å². The number of amides is 1. The average molecular weight is 279 g/mol. The molecule has 112 valence electrons. The number of aromatic nitrogens is 2. The van der Waals surface area contributed by atoms with Crippen LogP contribution in [0.1, 0.15) is 37.0 Å². The number of carbonyl (C=O) groups excluding carboxylic acids is 1. The number of rotatable bonds is 4. The Morgan fingerprint density at radius 2 is 2.10 bits per heavy atom.